The van der Waals surface area contributed by atoms with Crippen molar-refractivity contribution in [1.29, 1.82) is 0 Å². The zero-order valence-electron chi connectivity index (χ0n) is 13.2. The smallest absolute Gasteiger partial charge is 0.00989 e. The largest absolute Gasteiger partial charge is 0.0891 e. The van der Waals surface area contributed by atoms with E-state index < -0.39 is 0 Å². The lowest BCUT2D eigenvalue weighted by molar-refractivity contribution is 0.579. The van der Waals surface area contributed by atoms with Crippen molar-refractivity contribution in [3.8, 4) is 23.7 Å². The van der Waals surface area contributed by atoms with Gasteiger partial charge < -0.3 is 0 Å². The van der Waals surface area contributed by atoms with Crippen LogP contribution in [0.2, 0.25) is 0 Å². The first-order valence-corrected chi connectivity index (χ1v) is 8.37. The first-order chi connectivity index (χ1) is 9.41. The van der Waals surface area contributed by atoms with Gasteiger partial charge in [-0.25, -0.2) is 0 Å². The Morgan fingerprint density at radius 3 is 1.37 bits per heavy atom. The molecule has 0 nitrogen and oxygen atoms in total. The van der Waals surface area contributed by atoms with Crippen molar-refractivity contribution in [1.82, 2.24) is 0 Å². The minimum Gasteiger partial charge on any atom is -0.0891 e. The van der Waals surface area contributed by atoms with E-state index in [1.54, 1.807) is 0 Å². The molecule has 19 heavy (non-hydrogen) atoms. The van der Waals surface area contributed by atoms with Crippen molar-refractivity contribution in [2.24, 2.45) is 0 Å². The molecular formula is C19H32. The lowest BCUT2D eigenvalue weighted by atomic mass is 10.1. The van der Waals surface area contributed by atoms with Crippen LogP contribution in [-0.4, -0.2) is 0 Å². The van der Waals surface area contributed by atoms with Gasteiger partial charge in [0, 0.05) is 12.8 Å². The predicted octanol–water partition coefficient (Wildman–Crippen LogP) is 6.10. The highest BCUT2D eigenvalue weighted by Gasteiger charge is 1.89. The van der Waals surface area contributed by atoms with E-state index in [4.69, 9.17) is 0 Å². The SMILES string of the molecule is CCCCCC#CC#CCCCCCCCCCC. The van der Waals surface area contributed by atoms with Crippen LogP contribution in [0.3, 0.4) is 0 Å². The molecule has 0 aromatic heterocycles. The Labute approximate surface area is 121 Å². The van der Waals surface area contributed by atoms with Crippen LogP contribution >= 0.6 is 0 Å². The summed E-state index contributed by atoms with van der Waals surface area (Å²) in [7, 11) is 0. The van der Waals surface area contributed by atoms with Gasteiger partial charge >= 0.3 is 0 Å². The van der Waals surface area contributed by atoms with Crippen molar-refractivity contribution in [3.63, 3.8) is 0 Å². The molecular weight excluding hydrogens is 228 g/mol. The Kier molecular flexibility index (Phi) is 16.3. The van der Waals surface area contributed by atoms with Crippen LogP contribution < -0.4 is 0 Å². The Morgan fingerprint density at radius 1 is 0.474 bits per heavy atom. The maximum atomic E-state index is 3.16. The molecule has 0 aromatic carbocycles. The molecule has 0 unspecified atom stereocenters. The molecule has 0 saturated heterocycles. The minimum atomic E-state index is 1.01. The Hall–Kier alpha value is -0.880. The summed E-state index contributed by atoms with van der Waals surface area (Å²) in [5, 5.41) is 0. The van der Waals surface area contributed by atoms with E-state index in [0.29, 0.717) is 0 Å². The first-order valence-electron chi connectivity index (χ1n) is 8.37. The monoisotopic (exact) mass is 260 g/mol. The molecule has 0 heteroatoms. The molecule has 0 atom stereocenters. The van der Waals surface area contributed by atoms with Crippen molar-refractivity contribution in [2.45, 2.75) is 97.3 Å². The summed E-state index contributed by atoms with van der Waals surface area (Å²) in [6.07, 6.45) is 16.8. The van der Waals surface area contributed by atoms with Gasteiger partial charge in [0.2, 0.25) is 0 Å². The summed E-state index contributed by atoms with van der Waals surface area (Å²) in [4.78, 5) is 0. The highest BCUT2D eigenvalue weighted by atomic mass is 14.0. The number of unbranched alkanes of at least 4 members (excludes halogenated alkanes) is 11. The van der Waals surface area contributed by atoms with Gasteiger partial charge in [-0.2, -0.15) is 0 Å². The second kappa shape index (κ2) is 17.1. The summed E-state index contributed by atoms with van der Waals surface area (Å²) < 4.78 is 0. The normalized spacial score (nSPS) is 9.37. The minimum absolute atomic E-state index is 1.01. The predicted molar refractivity (Wildman–Crippen MR) is 86.9 cm³/mol. The molecule has 0 rings (SSSR count). The maximum absolute atomic E-state index is 3.16. The molecule has 0 radical (unpaired) electrons. The highest BCUT2D eigenvalue weighted by molar-refractivity contribution is 5.25. The average Bonchev–Trinajstić information content (AvgIpc) is 2.43. The fourth-order valence-corrected chi connectivity index (χ4v) is 2.02. The van der Waals surface area contributed by atoms with Crippen LogP contribution in [0.1, 0.15) is 97.3 Å². The van der Waals surface area contributed by atoms with Crippen LogP contribution in [-0.2, 0) is 0 Å². The van der Waals surface area contributed by atoms with E-state index in [-0.39, 0.29) is 0 Å². The van der Waals surface area contributed by atoms with Crippen molar-refractivity contribution >= 4 is 0 Å². The van der Waals surface area contributed by atoms with Crippen LogP contribution in [0.5, 0.6) is 0 Å². The molecule has 0 heterocycles. The summed E-state index contributed by atoms with van der Waals surface area (Å²) in [6.45, 7) is 4.49. The van der Waals surface area contributed by atoms with Crippen LogP contribution in [0.15, 0.2) is 0 Å². The fraction of sp³-hybridized carbons (Fsp3) is 0.789. The van der Waals surface area contributed by atoms with Gasteiger partial charge in [0.1, 0.15) is 0 Å². The molecule has 0 saturated carbocycles. The molecule has 0 N–H and O–H groups in total. The summed E-state index contributed by atoms with van der Waals surface area (Å²) in [5.41, 5.74) is 0. The van der Waals surface area contributed by atoms with Crippen LogP contribution in [0.4, 0.5) is 0 Å². The average molecular weight is 260 g/mol. The molecule has 108 valence electrons. The zero-order valence-corrected chi connectivity index (χ0v) is 13.2. The third-order valence-corrected chi connectivity index (χ3v) is 3.30. The van der Waals surface area contributed by atoms with Crippen molar-refractivity contribution < 1.29 is 0 Å². The highest BCUT2D eigenvalue weighted by Crippen LogP contribution is 2.08. The number of hydrogen-bond acceptors (Lipinski definition) is 0. The lowest BCUT2D eigenvalue weighted by Crippen LogP contribution is -1.79. The molecule has 0 fully saturated rings. The third kappa shape index (κ3) is 17.1. The van der Waals surface area contributed by atoms with E-state index in [0.717, 1.165) is 12.8 Å². The summed E-state index contributed by atoms with van der Waals surface area (Å²) in [6, 6.07) is 0. The van der Waals surface area contributed by atoms with Gasteiger partial charge in [0.05, 0.1) is 0 Å². The molecule has 0 aliphatic rings. The van der Waals surface area contributed by atoms with E-state index in [1.807, 2.05) is 0 Å². The summed E-state index contributed by atoms with van der Waals surface area (Å²) >= 11 is 0. The number of rotatable bonds is 11. The van der Waals surface area contributed by atoms with Gasteiger partial charge in [-0.15, -0.1) is 0 Å². The molecule has 0 aliphatic carbocycles. The van der Waals surface area contributed by atoms with Gasteiger partial charge in [-0.3, -0.25) is 0 Å². The standard InChI is InChI=1S/C19H32/c1-3-5-7-9-11-13-15-17-19-18-16-14-12-10-8-6-4-2/h3-11,13,15,17,19H2,1-2H3. The Bertz CT molecular complexity index is 279. The van der Waals surface area contributed by atoms with Gasteiger partial charge in [0.25, 0.3) is 0 Å². The van der Waals surface area contributed by atoms with Gasteiger partial charge in [-0.1, -0.05) is 83.5 Å². The Morgan fingerprint density at radius 2 is 0.842 bits per heavy atom. The second-order valence-electron chi connectivity index (χ2n) is 5.29. The van der Waals surface area contributed by atoms with Crippen molar-refractivity contribution in [3.05, 3.63) is 0 Å². The topological polar surface area (TPSA) is 0 Å². The quantitative estimate of drug-likeness (QED) is 0.311. The van der Waals surface area contributed by atoms with E-state index in [1.165, 1.54) is 70.6 Å². The fourth-order valence-electron chi connectivity index (χ4n) is 2.02. The van der Waals surface area contributed by atoms with E-state index in [2.05, 4.69) is 37.5 Å². The number of hydrogen-bond donors (Lipinski definition) is 0. The van der Waals surface area contributed by atoms with Gasteiger partial charge in [0.15, 0.2) is 0 Å². The van der Waals surface area contributed by atoms with E-state index in [9.17, 15) is 0 Å². The lowest BCUT2D eigenvalue weighted by Gasteiger charge is -1.98. The van der Waals surface area contributed by atoms with Crippen LogP contribution in [0.25, 0.3) is 0 Å². The van der Waals surface area contributed by atoms with Crippen LogP contribution in [0, 0.1) is 23.7 Å². The first kappa shape index (κ1) is 18.1. The molecule has 0 spiro atoms. The summed E-state index contributed by atoms with van der Waals surface area (Å²) in [5.74, 6) is 12.2. The molecule has 0 aromatic rings. The molecule has 0 bridgehead atoms. The second-order valence-corrected chi connectivity index (χ2v) is 5.29. The maximum Gasteiger partial charge on any atom is 0.00989 e. The molecule has 0 aliphatic heterocycles. The van der Waals surface area contributed by atoms with E-state index >= 15 is 0 Å². The van der Waals surface area contributed by atoms with Gasteiger partial charge in [-0.05, 0) is 24.7 Å². The molecule has 0 amide bonds. The zero-order chi connectivity index (χ0) is 14.0. The van der Waals surface area contributed by atoms with Crippen molar-refractivity contribution in [2.75, 3.05) is 0 Å². The third-order valence-electron chi connectivity index (χ3n) is 3.30. The Balaban J connectivity index is 3.21.